The molecule has 0 bridgehead atoms. The molecule has 4 rings (SSSR count). The lowest BCUT2D eigenvalue weighted by Gasteiger charge is -2.32. The summed E-state index contributed by atoms with van der Waals surface area (Å²) in [6, 6.07) is 20.8. The predicted octanol–water partition coefficient (Wildman–Crippen LogP) is 6.80. The molecule has 5 nitrogen and oxygen atoms in total. The largest absolute Gasteiger partial charge is 0.484 e. The Balaban J connectivity index is 1.61. The van der Waals surface area contributed by atoms with Crippen molar-refractivity contribution in [3.05, 3.63) is 98.5 Å². The molecule has 0 heterocycles. The van der Waals surface area contributed by atoms with Crippen molar-refractivity contribution in [2.24, 2.45) is 0 Å². The normalized spacial score (nSPS) is 14.2. The summed E-state index contributed by atoms with van der Waals surface area (Å²) in [6.07, 6.45) is 4.60. The van der Waals surface area contributed by atoms with Gasteiger partial charge in [-0.1, -0.05) is 82.8 Å². The first-order valence-corrected chi connectivity index (χ1v) is 14.2. The fraction of sp³-hybridized carbons (Fsp3) is 0.355. The second-order valence-corrected chi connectivity index (χ2v) is 11.3. The van der Waals surface area contributed by atoms with Crippen LogP contribution in [0.3, 0.4) is 0 Å². The Morgan fingerprint density at radius 3 is 2.26 bits per heavy atom. The zero-order valence-corrected chi connectivity index (χ0v) is 24.2. The Hall–Kier alpha value is -2.83. The van der Waals surface area contributed by atoms with E-state index in [1.807, 2.05) is 80.6 Å². The van der Waals surface area contributed by atoms with Crippen LogP contribution >= 0.6 is 27.5 Å². The van der Waals surface area contributed by atoms with Crippen molar-refractivity contribution >= 4 is 39.3 Å². The molecule has 7 heteroatoms. The average molecular weight is 598 g/mol. The molecular weight excluding hydrogens is 564 g/mol. The monoisotopic (exact) mass is 596 g/mol. The maximum absolute atomic E-state index is 13.8. The third kappa shape index (κ3) is 7.61. The molecule has 0 aromatic heterocycles. The van der Waals surface area contributed by atoms with Gasteiger partial charge in [-0.15, -0.1) is 0 Å². The summed E-state index contributed by atoms with van der Waals surface area (Å²) in [5, 5.41) is 3.92. The van der Waals surface area contributed by atoms with Crippen molar-refractivity contribution in [1.82, 2.24) is 10.2 Å². The van der Waals surface area contributed by atoms with Crippen LogP contribution in [-0.4, -0.2) is 35.4 Å². The molecule has 3 aromatic carbocycles. The number of nitrogens with zero attached hydrogens (tertiary/aromatic N) is 1. The highest BCUT2D eigenvalue weighted by Crippen LogP contribution is 2.26. The topological polar surface area (TPSA) is 58.6 Å². The molecule has 2 amide bonds. The lowest BCUT2D eigenvalue weighted by Crippen LogP contribution is -2.53. The Labute approximate surface area is 238 Å². The molecule has 1 saturated carbocycles. The average Bonchev–Trinajstić information content (AvgIpc) is 3.42. The van der Waals surface area contributed by atoms with Crippen molar-refractivity contribution in [3.8, 4) is 5.75 Å². The van der Waals surface area contributed by atoms with E-state index in [2.05, 4.69) is 21.2 Å². The standard InChI is InChI=1S/C31H34BrClN2O3/c1-21-16-27(17-22(2)30(21)33)38-20-29(36)35(19-24-12-14-25(32)15-13-24)28(18-23-8-4-3-5-9-23)31(37)34-26-10-6-7-11-26/h3-5,8-9,12-17,26,28H,6-7,10-11,18-20H2,1-2H3,(H,34,37). The van der Waals surface area contributed by atoms with Gasteiger partial charge in [-0.3, -0.25) is 9.59 Å². The minimum atomic E-state index is -0.675. The molecule has 1 aliphatic carbocycles. The fourth-order valence-electron chi connectivity index (χ4n) is 4.93. The van der Waals surface area contributed by atoms with E-state index in [4.69, 9.17) is 16.3 Å². The summed E-state index contributed by atoms with van der Waals surface area (Å²) in [6.45, 7) is 3.93. The van der Waals surface area contributed by atoms with Crippen LogP contribution in [0.5, 0.6) is 5.75 Å². The SMILES string of the molecule is Cc1cc(OCC(=O)N(Cc2ccc(Br)cc2)C(Cc2ccccc2)C(=O)NC2CCCC2)cc(C)c1Cl. The van der Waals surface area contributed by atoms with Crippen molar-refractivity contribution in [3.63, 3.8) is 0 Å². The summed E-state index contributed by atoms with van der Waals surface area (Å²) in [7, 11) is 0. The van der Waals surface area contributed by atoms with Gasteiger partial charge in [0.25, 0.3) is 5.91 Å². The molecule has 200 valence electrons. The van der Waals surface area contributed by atoms with E-state index in [1.54, 1.807) is 4.90 Å². The Kier molecular flexibility index (Phi) is 9.86. The quantitative estimate of drug-likeness (QED) is 0.280. The molecule has 1 unspecified atom stereocenters. The molecule has 38 heavy (non-hydrogen) atoms. The summed E-state index contributed by atoms with van der Waals surface area (Å²) in [5.41, 5.74) is 3.71. The molecule has 1 fully saturated rings. The van der Waals surface area contributed by atoms with Gasteiger partial charge >= 0.3 is 0 Å². The van der Waals surface area contributed by atoms with Crippen molar-refractivity contribution in [2.75, 3.05) is 6.61 Å². The van der Waals surface area contributed by atoms with Crippen LogP contribution in [0.25, 0.3) is 0 Å². The summed E-state index contributed by atoms with van der Waals surface area (Å²) in [5.74, 6) is 0.210. The zero-order valence-electron chi connectivity index (χ0n) is 21.9. The number of benzene rings is 3. The number of aryl methyl sites for hydroxylation is 2. The maximum Gasteiger partial charge on any atom is 0.261 e. The molecule has 0 aliphatic heterocycles. The smallest absolute Gasteiger partial charge is 0.261 e. The van der Waals surface area contributed by atoms with Crippen LogP contribution in [0.4, 0.5) is 0 Å². The number of hydrogen-bond acceptors (Lipinski definition) is 3. The van der Waals surface area contributed by atoms with Gasteiger partial charge < -0.3 is 15.0 Å². The van der Waals surface area contributed by atoms with Crippen LogP contribution in [0.15, 0.2) is 71.2 Å². The highest BCUT2D eigenvalue weighted by Gasteiger charge is 2.32. The molecule has 0 saturated heterocycles. The van der Waals surface area contributed by atoms with E-state index in [9.17, 15) is 9.59 Å². The van der Waals surface area contributed by atoms with E-state index in [-0.39, 0.29) is 24.5 Å². The molecule has 1 atom stereocenters. The van der Waals surface area contributed by atoms with Crippen LogP contribution in [0.2, 0.25) is 5.02 Å². The lowest BCUT2D eigenvalue weighted by atomic mass is 10.0. The Bertz CT molecular complexity index is 1220. The number of ether oxygens (including phenoxy) is 1. The number of carbonyl (C=O) groups is 2. The van der Waals surface area contributed by atoms with Gasteiger partial charge in [-0.2, -0.15) is 0 Å². The van der Waals surface area contributed by atoms with Gasteiger partial charge in [0.05, 0.1) is 0 Å². The Morgan fingerprint density at radius 1 is 1.00 bits per heavy atom. The van der Waals surface area contributed by atoms with E-state index in [0.29, 0.717) is 23.7 Å². The molecular formula is C31H34BrClN2O3. The highest BCUT2D eigenvalue weighted by atomic mass is 79.9. The van der Waals surface area contributed by atoms with Crippen LogP contribution < -0.4 is 10.1 Å². The van der Waals surface area contributed by atoms with Gasteiger partial charge in [0.2, 0.25) is 5.91 Å². The van der Waals surface area contributed by atoms with Gasteiger partial charge in [-0.25, -0.2) is 0 Å². The molecule has 0 spiro atoms. The van der Waals surface area contributed by atoms with Gasteiger partial charge in [0.1, 0.15) is 11.8 Å². The van der Waals surface area contributed by atoms with Crippen molar-refractivity contribution in [2.45, 2.75) is 64.6 Å². The number of amides is 2. The fourth-order valence-corrected chi connectivity index (χ4v) is 5.30. The third-order valence-electron chi connectivity index (χ3n) is 7.01. The van der Waals surface area contributed by atoms with E-state index < -0.39 is 6.04 Å². The predicted molar refractivity (Wildman–Crippen MR) is 155 cm³/mol. The first-order valence-electron chi connectivity index (χ1n) is 13.1. The van der Waals surface area contributed by atoms with Gasteiger partial charge in [0.15, 0.2) is 6.61 Å². The number of carbonyl (C=O) groups excluding carboxylic acids is 2. The number of hydrogen-bond donors (Lipinski definition) is 1. The van der Waals surface area contributed by atoms with Gasteiger partial charge in [0, 0.05) is 28.5 Å². The van der Waals surface area contributed by atoms with E-state index in [0.717, 1.165) is 52.4 Å². The number of nitrogens with one attached hydrogen (secondary N) is 1. The second-order valence-electron chi connectivity index (χ2n) is 10.0. The summed E-state index contributed by atoms with van der Waals surface area (Å²) >= 11 is 9.79. The van der Waals surface area contributed by atoms with Gasteiger partial charge in [-0.05, 0) is 73.2 Å². The maximum atomic E-state index is 13.8. The van der Waals surface area contributed by atoms with E-state index >= 15 is 0 Å². The van der Waals surface area contributed by atoms with Crippen LogP contribution in [-0.2, 0) is 22.6 Å². The first kappa shape index (κ1) is 28.2. The molecule has 3 aromatic rings. The zero-order chi connectivity index (χ0) is 27.1. The van der Waals surface area contributed by atoms with Crippen LogP contribution in [0, 0.1) is 13.8 Å². The minimum Gasteiger partial charge on any atom is -0.484 e. The minimum absolute atomic E-state index is 0.121. The number of rotatable bonds is 10. The molecule has 0 radical (unpaired) electrons. The van der Waals surface area contributed by atoms with Crippen molar-refractivity contribution < 1.29 is 14.3 Å². The molecule has 1 N–H and O–H groups in total. The molecule has 1 aliphatic rings. The van der Waals surface area contributed by atoms with Crippen molar-refractivity contribution in [1.29, 1.82) is 0 Å². The number of halogens is 2. The van der Waals surface area contributed by atoms with Crippen LogP contribution in [0.1, 0.15) is 47.9 Å². The van der Waals surface area contributed by atoms with E-state index in [1.165, 1.54) is 0 Å². The lowest BCUT2D eigenvalue weighted by molar-refractivity contribution is -0.143. The highest BCUT2D eigenvalue weighted by molar-refractivity contribution is 9.10. The summed E-state index contributed by atoms with van der Waals surface area (Å²) < 4.78 is 6.90. The first-order chi connectivity index (χ1) is 18.3. The summed E-state index contributed by atoms with van der Waals surface area (Å²) in [4.78, 5) is 29.2. The Morgan fingerprint density at radius 2 is 1.63 bits per heavy atom. The second kappa shape index (κ2) is 13.3. The third-order valence-corrected chi connectivity index (χ3v) is 8.14.